The molecule has 0 bridgehead atoms. The highest BCUT2D eigenvalue weighted by Crippen LogP contribution is 2.15. The standard InChI is InChI=1S/C9H21NO/c1-5-8-9(4,6-2)10-11-7-3/h10H,5-8H2,1-4H3. The highest BCUT2D eigenvalue weighted by molar-refractivity contribution is 4.76. The van der Waals surface area contributed by atoms with Crippen molar-refractivity contribution in [2.24, 2.45) is 0 Å². The van der Waals surface area contributed by atoms with Crippen LogP contribution in [0, 0.1) is 0 Å². The predicted octanol–water partition coefficient (Wildman–Crippen LogP) is 2.50. The van der Waals surface area contributed by atoms with Gasteiger partial charge in [0.25, 0.3) is 0 Å². The van der Waals surface area contributed by atoms with Crippen molar-refractivity contribution in [3.05, 3.63) is 0 Å². The van der Waals surface area contributed by atoms with E-state index in [-0.39, 0.29) is 5.54 Å². The zero-order valence-corrected chi connectivity index (χ0v) is 8.24. The van der Waals surface area contributed by atoms with Crippen LogP contribution < -0.4 is 5.48 Å². The lowest BCUT2D eigenvalue weighted by molar-refractivity contribution is -0.0156. The Morgan fingerprint density at radius 2 is 1.91 bits per heavy atom. The summed E-state index contributed by atoms with van der Waals surface area (Å²) in [5.74, 6) is 0. The molecular formula is C9H21NO. The second-order valence-corrected chi connectivity index (χ2v) is 3.20. The third-order valence-electron chi connectivity index (χ3n) is 2.05. The molecular weight excluding hydrogens is 138 g/mol. The monoisotopic (exact) mass is 159 g/mol. The Hall–Kier alpha value is -0.0800. The molecule has 0 fully saturated rings. The first-order valence-corrected chi connectivity index (χ1v) is 4.57. The Kier molecular flexibility index (Phi) is 5.51. The van der Waals surface area contributed by atoms with Crippen molar-refractivity contribution < 1.29 is 4.84 Å². The number of hydrogen-bond donors (Lipinski definition) is 1. The molecule has 2 heteroatoms. The van der Waals surface area contributed by atoms with Gasteiger partial charge in [-0.15, -0.1) is 0 Å². The first-order chi connectivity index (χ1) is 5.18. The van der Waals surface area contributed by atoms with E-state index in [1.165, 1.54) is 12.8 Å². The molecule has 0 aromatic rings. The lowest BCUT2D eigenvalue weighted by atomic mass is 9.94. The van der Waals surface area contributed by atoms with Crippen LogP contribution in [0.4, 0.5) is 0 Å². The van der Waals surface area contributed by atoms with Crippen LogP contribution in [-0.2, 0) is 4.84 Å². The van der Waals surface area contributed by atoms with E-state index in [0.29, 0.717) is 0 Å². The maximum atomic E-state index is 5.19. The van der Waals surface area contributed by atoms with Gasteiger partial charge in [-0.05, 0) is 26.7 Å². The maximum absolute atomic E-state index is 5.19. The molecule has 0 spiro atoms. The van der Waals surface area contributed by atoms with Gasteiger partial charge >= 0.3 is 0 Å². The van der Waals surface area contributed by atoms with Crippen molar-refractivity contribution in [1.82, 2.24) is 5.48 Å². The van der Waals surface area contributed by atoms with Gasteiger partial charge in [0.2, 0.25) is 0 Å². The van der Waals surface area contributed by atoms with E-state index in [9.17, 15) is 0 Å². The molecule has 0 heterocycles. The minimum absolute atomic E-state index is 0.171. The fraction of sp³-hybridized carbons (Fsp3) is 1.00. The zero-order chi connectivity index (χ0) is 8.74. The normalized spacial score (nSPS) is 16.4. The highest BCUT2D eigenvalue weighted by atomic mass is 16.6. The molecule has 0 amide bonds. The lowest BCUT2D eigenvalue weighted by Crippen LogP contribution is -2.41. The van der Waals surface area contributed by atoms with Crippen LogP contribution in [0.1, 0.15) is 47.0 Å². The van der Waals surface area contributed by atoms with Crippen molar-refractivity contribution in [1.29, 1.82) is 0 Å². The molecule has 68 valence electrons. The molecule has 0 aromatic heterocycles. The van der Waals surface area contributed by atoms with Gasteiger partial charge in [0.15, 0.2) is 0 Å². The summed E-state index contributed by atoms with van der Waals surface area (Å²) in [7, 11) is 0. The number of hydrogen-bond acceptors (Lipinski definition) is 2. The molecule has 0 saturated heterocycles. The van der Waals surface area contributed by atoms with Gasteiger partial charge in [-0.3, -0.25) is 0 Å². The Labute approximate surface area is 70.3 Å². The summed E-state index contributed by atoms with van der Waals surface area (Å²) in [6, 6.07) is 0. The summed E-state index contributed by atoms with van der Waals surface area (Å²) in [6.45, 7) is 9.31. The fourth-order valence-corrected chi connectivity index (χ4v) is 1.10. The predicted molar refractivity (Wildman–Crippen MR) is 48.4 cm³/mol. The van der Waals surface area contributed by atoms with Gasteiger partial charge in [0.05, 0.1) is 6.61 Å². The lowest BCUT2D eigenvalue weighted by Gasteiger charge is -2.28. The summed E-state index contributed by atoms with van der Waals surface area (Å²) in [5, 5.41) is 0. The first kappa shape index (κ1) is 10.9. The van der Waals surface area contributed by atoms with Crippen molar-refractivity contribution in [2.75, 3.05) is 6.61 Å². The fourth-order valence-electron chi connectivity index (χ4n) is 1.10. The smallest absolute Gasteiger partial charge is 0.0654 e. The van der Waals surface area contributed by atoms with E-state index < -0.39 is 0 Å². The molecule has 0 aliphatic rings. The second-order valence-electron chi connectivity index (χ2n) is 3.20. The largest absolute Gasteiger partial charge is 0.302 e. The van der Waals surface area contributed by atoms with Crippen LogP contribution >= 0.6 is 0 Å². The van der Waals surface area contributed by atoms with Gasteiger partial charge in [-0.1, -0.05) is 20.3 Å². The average molecular weight is 159 g/mol. The molecule has 1 unspecified atom stereocenters. The van der Waals surface area contributed by atoms with E-state index in [2.05, 4.69) is 26.3 Å². The van der Waals surface area contributed by atoms with E-state index >= 15 is 0 Å². The molecule has 11 heavy (non-hydrogen) atoms. The minimum Gasteiger partial charge on any atom is -0.302 e. The van der Waals surface area contributed by atoms with Crippen molar-refractivity contribution in [3.63, 3.8) is 0 Å². The molecule has 0 aromatic carbocycles. The van der Waals surface area contributed by atoms with Crippen LogP contribution in [0.15, 0.2) is 0 Å². The van der Waals surface area contributed by atoms with E-state index in [4.69, 9.17) is 4.84 Å². The molecule has 1 N–H and O–H groups in total. The Morgan fingerprint density at radius 3 is 2.27 bits per heavy atom. The second kappa shape index (κ2) is 5.56. The van der Waals surface area contributed by atoms with Gasteiger partial charge in [-0.2, -0.15) is 5.48 Å². The molecule has 1 atom stereocenters. The molecule has 0 radical (unpaired) electrons. The Morgan fingerprint density at radius 1 is 1.27 bits per heavy atom. The van der Waals surface area contributed by atoms with Gasteiger partial charge in [-0.25, -0.2) is 0 Å². The quantitative estimate of drug-likeness (QED) is 0.601. The zero-order valence-electron chi connectivity index (χ0n) is 8.24. The maximum Gasteiger partial charge on any atom is 0.0654 e. The van der Waals surface area contributed by atoms with Gasteiger partial charge in [0.1, 0.15) is 0 Å². The Balaban J connectivity index is 3.68. The number of hydroxylamine groups is 1. The summed E-state index contributed by atoms with van der Waals surface area (Å²) < 4.78 is 0. The SMILES string of the molecule is CCCC(C)(CC)NOCC. The minimum atomic E-state index is 0.171. The third-order valence-corrected chi connectivity index (χ3v) is 2.05. The van der Waals surface area contributed by atoms with Crippen molar-refractivity contribution in [3.8, 4) is 0 Å². The van der Waals surface area contributed by atoms with E-state index in [1.54, 1.807) is 0 Å². The van der Waals surface area contributed by atoms with Crippen LogP contribution in [0.5, 0.6) is 0 Å². The Bertz CT molecular complexity index is 95.6. The number of rotatable bonds is 6. The summed E-state index contributed by atoms with van der Waals surface area (Å²) >= 11 is 0. The molecule has 0 aliphatic heterocycles. The van der Waals surface area contributed by atoms with Crippen LogP contribution in [-0.4, -0.2) is 12.1 Å². The molecule has 0 rings (SSSR count). The average Bonchev–Trinajstić information content (AvgIpc) is 2.02. The van der Waals surface area contributed by atoms with Crippen LogP contribution in [0.25, 0.3) is 0 Å². The summed E-state index contributed by atoms with van der Waals surface area (Å²) in [6.07, 6.45) is 3.48. The van der Waals surface area contributed by atoms with Crippen LogP contribution in [0.2, 0.25) is 0 Å². The van der Waals surface area contributed by atoms with Crippen LogP contribution in [0.3, 0.4) is 0 Å². The van der Waals surface area contributed by atoms with Gasteiger partial charge < -0.3 is 4.84 Å². The third kappa shape index (κ3) is 4.38. The topological polar surface area (TPSA) is 21.3 Å². The van der Waals surface area contributed by atoms with Crippen molar-refractivity contribution in [2.45, 2.75) is 52.5 Å². The molecule has 0 aliphatic carbocycles. The summed E-state index contributed by atoms with van der Waals surface area (Å²) in [4.78, 5) is 5.19. The van der Waals surface area contributed by atoms with E-state index in [1.807, 2.05) is 6.92 Å². The highest BCUT2D eigenvalue weighted by Gasteiger charge is 2.19. The van der Waals surface area contributed by atoms with Gasteiger partial charge in [0, 0.05) is 5.54 Å². The van der Waals surface area contributed by atoms with Crippen molar-refractivity contribution >= 4 is 0 Å². The summed E-state index contributed by atoms with van der Waals surface area (Å²) in [5.41, 5.74) is 3.27. The van der Waals surface area contributed by atoms with E-state index in [0.717, 1.165) is 13.0 Å². The number of nitrogens with one attached hydrogen (secondary N) is 1. The molecule has 0 saturated carbocycles. The first-order valence-electron chi connectivity index (χ1n) is 4.57. The molecule has 2 nitrogen and oxygen atoms in total.